The molecule has 3 atom stereocenters. The average Bonchev–Trinajstić information content (AvgIpc) is 2.86. The van der Waals surface area contributed by atoms with Crippen molar-refractivity contribution in [2.24, 2.45) is 5.92 Å². The molecule has 2 aromatic rings. The molecule has 0 spiro atoms. The first-order valence-corrected chi connectivity index (χ1v) is 13.9. The maximum atomic E-state index is 13.7. The molecule has 4 rings (SSSR count). The molecule has 190 valence electrons. The number of benzene rings is 1. The Balaban J connectivity index is 1.69. The van der Waals surface area contributed by atoms with Crippen LogP contribution in [0, 0.1) is 5.92 Å². The molecule has 1 aromatic heterocycles. The fourth-order valence-corrected chi connectivity index (χ4v) is 6.71. The maximum absolute atomic E-state index is 13.7. The largest absolute Gasteiger partial charge is 0.487 e. The zero-order valence-electron chi connectivity index (χ0n) is 20.9. The number of aromatic nitrogens is 1. The zero-order valence-corrected chi connectivity index (χ0v) is 21.7. The molecular weight excluding hydrogens is 462 g/mol. The maximum Gasteiger partial charge on any atom is 0.247 e. The normalized spacial score (nSPS) is 23.5. The van der Waals surface area contributed by atoms with E-state index in [2.05, 4.69) is 16.0 Å². The van der Waals surface area contributed by atoms with Crippen molar-refractivity contribution in [2.75, 3.05) is 26.7 Å². The minimum absolute atomic E-state index is 0.0874. The van der Waals surface area contributed by atoms with Crippen molar-refractivity contribution in [3.05, 3.63) is 59.9 Å². The van der Waals surface area contributed by atoms with Gasteiger partial charge in [-0.2, -0.15) is 4.31 Å². The lowest BCUT2D eigenvalue weighted by atomic mass is 9.93. The van der Waals surface area contributed by atoms with Crippen LogP contribution in [-0.2, 0) is 16.6 Å². The first-order chi connectivity index (χ1) is 16.8. The summed E-state index contributed by atoms with van der Waals surface area (Å²) in [4.78, 5) is 6.75. The van der Waals surface area contributed by atoms with Crippen LogP contribution in [0.4, 0.5) is 0 Å². The SMILES string of the molecule is C[C@H]1CN([C@@H](C)CO)S(=O)(=O)c2ccc(C3=CCCCC3)cc2O[C@H]1CN(C)Cc1ccccn1. The van der Waals surface area contributed by atoms with Gasteiger partial charge >= 0.3 is 0 Å². The summed E-state index contributed by atoms with van der Waals surface area (Å²) in [6, 6.07) is 10.8. The van der Waals surface area contributed by atoms with Crippen LogP contribution in [0.25, 0.3) is 5.57 Å². The molecule has 0 saturated heterocycles. The second-order valence-corrected chi connectivity index (χ2v) is 11.8. The molecule has 35 heavy (non-hydrogen) atoms. The average molecular weight is 500 g/mol. The van der Waals surface area contributed by atoms with Crippen LogP contribution in [0.15, 0.2) is 53.6 Å². The lowest BCUT2D eigenvalue weighted by Gasteiger charge is -2.37. The van der Waals surface area contributed by atoms with Crippen molar-refractivity contribution in [3.63, 3.8) is 0 Å². The Hall–Kier alpha value is -2.26. The predicted molar refractivity (Wildman–Crippen MR) is 137 cm³/mol. The van der Waals surface area contributed by atoms with Gasteiger partial charge in [0.05, 0.1) is 12.3 Å². The van der Waals surface area contributed by atoms with E-state index in [-0.39, 0.29) is 30.1 Å². The van der Waals surface area contributed by atoms with Crippen LogP contribution in [0.1, 0.15) is 50.8 Å². The van der Waals surface area contributed by atoms with Crippen LogP contribution in [-0.4, -0.2) is 66.6 Å². The number of rotatable bonds is 7. The van der Waals surface area contributed by atoms with Gasteiger partial charge in [-0.1, -0.05) is 25.1 Å². The van der Waals surface area contributed by atoms with Gasteiger partial charge in [-0.15, -0.1) is 0 Å². The standard InChI is InChI=1S/C27H37N3O4S/c1-20-16-30(21(2)19-31)35(32,33)27-13-12-23(22-9-5-4-6-10-22)15-25(27)34-26(20)18-29(3)17-24-11-7-8-14-28-24/h7-9,11-15,20-21,26,31H,4-6,10,16-19H2,1-3H3/t20-,21-,26-/m0/s1. The predicted octanol–water partition coefficient (Wildman–Crippen LogP) is 3.94. The summed E-state index contributed by atoms with van der Waals surface area (Å²) in [6.45, 7) is 5.09. The van der Waals surface area contributed by atoms with Gasteiger partial charge in [0.2, 0.25) is 10.0 Å². The van der Waals surface area contributed by atoms with Crippen molar-refractivity contribution < 1.29 is 18.3 Å². The smallest absolute Gasteiger partial charge is 0.247 e. The molecule has 7 nitrogen and oxygen atoms in total. The van der Waals surface area contributed by atoms with Crippen molar-refractivity contribution in [2.45, 2.75) is 63.1 Å². The minimum Gasteiger partial charge on any atom is -0.487 e. The Kier molecular flexibility index (Phi) is 8.27. The molecule has 2 heterocycles. The van der Waals surface area contributed by atoms with E-state index in [0.29, 0.717) is 18.8 Å². The molecule has 0 fully saturated rings. The third-order valence-corrected chi connectivity index (χ3v) is 9.00. The topological polar surface area (TPSA) is 83.0 Å². The van der Waals surface area contributed by atoms with E-state index in [1.54, 1.807) is 19.2 Å². The monoisotopic (exact) mass is 499 g/mol. The van der Waals surface area contributed by atoms with Gasteiger partial charge in [-0.05, 0) is 75.1 Å². The van der Waals surface area contributed by atoms with Crippen LogP contribution in [0.2, 0.25) is 0 Å². The van der Waals surface area contributed by atoms with Gasteiger partial charge in [0.1, 0.15) is 16.7 Å². The summed E-state index contributed by atoms with van der Waals surface area (Å²) in [5.41, 5.74) is 3.24. The molecule has 1 N–H and O–H groups in total. The summed E-state index contributed by atoms with van der Waals surface area (Å²) in [5.74, 6) is 0.308. The quantitative estimate of drug-likeness (QED) is 0.621. The first kappa shape index (κ1) is 25.8. The van der Waals surface area contributed by atoms with Crippen LogP contribution in [0.3, 0.4) is 0 Å². The highest BCUT2D eigenvalue weighted by atomic mass is 32.2. The molecule has 0 saturated carbocycles. The number of fused-ring (bicyclic) bond motifs is 1. The third-order valence-electron chi connectivity index (χ3n) is 6.98. The summed E-state index contributed by atoms with van der Waals surface area (Å²) in [7, 11) is -1.80. The number of nitrogens with zero attached hydrogens (tertiary/aromatic N) is 3. The second kappa shape index (κ2) is 11.2. The van der Waals surface area contributed by atoms with Gasteiger partial charge in [0.15, 0.2) is 0 Å². The fraction of sp³-hybridized carbons (Fsp3) is 0.519. The van der Waals surface area contributed by atoms with Crippen molar-refractivity contribution in [3.8, 4) is 5.75 Å². The van der Waals surface area contributed by atoms with Crippen molar-refractivity contribution >= 4 is 15.6 Å². The van der Waals surface area contributed by atoms with Crippen LogP contribution < -0.4 is 4.74 Å². The highest BCUT2D eigenvalue weighted by Crippen LogP contribution is 2.37. The number of pyridine rings is 1. The number of sulfonamides is 1. The number of aliphatic hydroxyl groups excluding tert-OH is 1. The van der Waals surface area contributed by atoms with Crippen molar-refractivity contribution in [1.29, 1.82) is 0 Å². The number of likely N-dealkylation sites (N-methyl/N-ethyl adjacent to an activating group) is 1. The highest BCUT2D eigenvalue weighted by molar-refractivity contribution is 7.89. The molecule has 0 unspecified atom stereocenters. The van der Waals surface area contributed by atoms with Gasteiger partial charge in [0.25, 0.3) is 0 Å². The lowest BCUT2D eigenvalue weighted by Crippen LogP contribution is -2.49. The number of ether oxygens (including phenoxy) is 1. The molecule has 1 aliphatic heterocycles. The number of hydrogen-bond acceptors (Lipinski definition) is 6. The Morgan fingerprint density at radius 2 is 2.09 bits per heavy atom. The van der Waals surface area contributed by atoms with E-state index in [4.69, 9.17) is 4.74 Å². The molecule has 2 aliphatic rings. The lowest BCUT2D eigenvalue weighted by molar-refractivity contribution is 0.0730. The summed E-state index contributed by atoms with van der Waals surface area (Å²) in [5, 5.41) is 9.85. The minimum atomic E-state index is -3.83. The van der Waals surface area contributed by atoms with Crippen LogP contribution in [0.5, 0.6) is 5.75 Å². The van der Waals surface area contributed by atoms with E-state index in [9.17, 15) is 13.5 Å². The molecule has 0 bridgehead atoms. The van der Waals surface area contributed by atoms with E-state index in [1.807, 2.05) is 44.3 Å². The van der Waals surface area contributed by atoms with Gasteiger partial charge in [0, 0.05) is 37.8 Å². The molecule has 1 aliphatic carbocycles. The van der Waals surface area contributed by atoms with Gasteiger partial charge in [-0.25, -0.2) is 8.42 Å². The van der Waals surface area contributed by atoms with E-state index >= 15 is 0 Å². The number of allylic oxidation sites excluding steroid dienone is 2. The van der Waals surface area contributed by atoms with E-state index < -0.39 is 16.1 Å². The second-order valence-electron chi connectivity index (χ2n) is 9.89. The highest BCUT2D eigenvalue weighted by Gasteiger charge is 2.38. The van der Waals surface area contributed by atoms with Gasteiger partial charge in [-0.3, -0.25) is 9.88 Å². The molecule has 0 radical (unpaired) electrons. The number of hydrogen-bond donors (Lipinski definition) is 1. The summed E-state index contributed by atoms with van der Waals surface area (Å²) in [6.07, 6.45) is 8.18. The number of aliphatic hydroxyl groups is 1. The molecule has 1 aromatic carbocycles. The van der Waals surface area contributed by atoms with E-state index in [1.165, 1.54) is 16.3 Å². The van der Waals surface area contributed by atoms with Gasteiger partial charge < -0.3 is 9.84 Å². The molecular formula is C27H37N3O4S. The summed E-state index contributed by atoms with van der Waals surface area (Å²) >= 11 is 0. The Morgan fingerprint density at radius 1 is 1.26 bits per heavy atom. The molecule has 0 amide bonds. The third kappa shape index (κ3) is 5.94. The van der Waals surface area contributed by atoms with E-state index in [0.717, 1.165) is 30.5 Å². The van der Waals surface area contributed by atoms with Crippen LogP contribution >= 0.6 is 0 Å². The summed E-state index contributed by atoms with van der Waals surface area (Å²) < 4.78 is 35.3. The Morgan fingerprint density at radius 3 is 2.77 bits per heavy atom. The molecule has 8 heteroatoms. The zero-order chi connectivity index (χ0) is 25.0. The Bertz CT molecular complexity index is 1140. The fourth-order valence-electron chi connectivity index (χ4n) is 4.88. The van der Waals surface area contributed by atoms with Crippen molar-refractivity contribution in [1.82, 2.24) is 14.2 Å². The first-order valence-electron chi connectivity index (χ1n) is 12.5. The Labute approximate surface area is 209 Å².